The van der Waals surface area contributed by atoms with E-state index in [-0.39, 0.29) is 32.0 Å². The minimum atomic E-state index is -4.65. The molecule has 0 fully saturated rings. The minimum absolute atomic E-state index is 0.0327. The number of unbranched alkanes of at least 4 members (excludes halogenated alkanes) is 39. The molecule has 0 aliphatic rings. The van der Waals surface area contributed by atoms with Crippen molar-refractivity contribution < 1.29 is 42.1 Å². The van der Waals surface area contributed by atoms with Crippen molar-refractivity contribution >= 4 is 19.8 Å². The van der Waals surface area contributed by atoms with E-state index in [1.807, 2.05) is 21.1 Å². The molecule has 2 atom stereocenters. The number of rotatable bonds is 71. The number of nitrogens with zero attached hydrogens (tertiary/aromatic N) is 1. The van der Waals surface area contributed by atoms with E-state index in [1.165, 1.54) is 225 Å². The lowest BCUT2D eigenvalue weighted by molar-refractivity contribution is -0.870. The molecule has 0 aromatic carbocycles. The molecular formula is C82H146NO8P. The van der Waals surface area contributed by atoms with Gasteiger partial charge in [0.1, 0.15) is 19.8 Å². The number of carbonyl (C=O) groups is 2. The Kier molecular flexibility index (Phi) is 69.3. The SMILES string of the molecule is CC/C=C\C/C=C\C/C=C\C/C=C\C/C=C\C/C=C\C/C=C\C/C=C\CCCCCCCCCCCCCCCCC(=O)OC(COC(=O)CCCCCCCCCCCCCCCCCCC/C=C\CCCCCCCCCC)COP(=O)([O-])OCC[N+](C)(C)C. The maximum Gasteiger partial charge on any atom is 0.306 e. The second-order valence-corrected chi connectivity index (χ2v) is 28.4. The van der Waals surface area contributed by atoms with E-state index in [2.05, 4.69) is 123 Å². The molecule has 9 nitrogen and oxygen atoms in total. The summed E-state index contributed by atoms with van der Waals surface area (Å²) in [6.07, 6.45) is 102. The topological polar surface area (TPSA) is 111 Å². The third kappa shape index (κ3) is 75.7. The summed E-state index contributed by atoms with van der Waals surface area (Å²) in [5, 5.41) is 0. The third-order valence-electron chi connectivity index (χ3n) is 16.8. The van der Waals surface area contributed by atoms with Crippen LogP contribution in [0.4, 0.5) is 0 Å². The number of allylic oxidation sites excluding steroid dienone is 18. The lowest BCUT2D eigenvalue weighted by Crippen LogP contribution is -2.37. The summed E-state index contributed by atoms with van der Waals surface area (Å²) in [6, 6.07) is 0. The second-order valence-electron chi connectivity index (χ2n) is 27.0. The largest absolute Gasteiger partial charge is 0.756 e. The van der Waals surface area contributed by atoms with Gasteiger partial charge in [0.25, 0.3) is 7.82 Å². The molecule has 0 aromatic heterocycles. The molecule has 10 heteroatoms. The number of ether oxygens (including phenoxy) is 2. The van der Waals surface area contributed by atoms with Crippen LogP contribution < -0.4 is 4.89 Å². The molecule has 0 N–H and O–H groups in total. The predicted octanol–water partition coefficient (Wildman–Crippen LogP) is 25.0. The maximum absolute atomic E-state index is 12.9. The summed E-state index contributed by atoms with van der Waals surface area (Å²) in [5.41, 5.74) is 0. The highest BCUT2D eigenvalue weighted by atomic mass is 31.2. The summed E-state index contributed by atoms with van der Waals surface area (Å²) in [7, 11) is 1.17. The Morgan fingerprint density at radius 1 is 0.348 bits per heavy atom. The Labute approximate surface area is 569 Å². The molecule has 0 saturated carbocycles. The Bertz CT molecular complexity index is 1920. The highest BCUT2D eigenvalue weighted by Gasteiger charge is 2.22. The van der Waals surface area contributed by atoms with Gasteiger partial charge in [-0.05, 0) is 103 Å². The van der Waals surface area contributed by atoms with Crippen LogP contribution in [-0.2, 0) is 32.7 Å². The van der Waals surface area contributed by atoms with E-state index < -0.39 is 26.5 Å². The van der Waals surface area contributed by atoms with Gasteiger partial charge in [-0.3, -0.25) is 14.2 Å². The maximum atomic E-state index is 12.9. The quantitative estimate of drug-likeness (QED) is 0.0195. The molecule has 532 valence electrons. The van der Waals surface area contributed by atoms with Crippen LogP contribution in [0, 0.1) is 0 Å². The number of hydrogen-bond acceptors (Lipinski definition) is 8. The van der Waals surface area contributed by atoms with Crippen molar-refractivity contribution in [1.82, 2.24) is 0 Å². The van der Waals surface area contributed by atoms with Crippen molar-refractivity contribution in [2.75, 3.05) is 47.5 Å². The molecule has 0 radical (unpaired) electrons. The number of phosphoric acid groups is 1. The van der Waals surface area contributed by atoms with E-state index in [4.69, 9.17) is 18.5 Å². The Morgan fingerprint density at radius 2 is 0.620 bits per heavy atom. The smallest absolute Gasteiger partial charge is 0.306 e. The molecule has 0 spiro atoms. The summed E-state index contributed by atoms with van der Waals surface area (Å²) in [4.78, 5) is 38.2. The monoisotopic (exact) mass is 1300 g/mol. The van der Waals surface area contributed by atoms with Crippen LogP contribution in [0.2, 0.25) is 0 Å². The first-order valence-corrected chi connectivity index (χ1v) is 40.1. The molecule has 0 amide bonds. The Morgan fingerprint density at radius 3 is 0.935 bits per heavy atom. The number of likely N-dealkylation sites (N-methyl/N-ethyl adjacent to an activating group) is 1. The van der Waals surface area contributed by atoms with E-state index in [9.17, 15) is 19.0 Å². The normalized spacial score (nSPS) is 13.7. The second kappa shape index (κ2) is 72.0. The van der Waals surface area contributed by atoms with E-state index in [0.717, 1.165) is 89.9 Å². The summed E-state index contributed by atoms with van der Waals surface area (Å²) < 4.78 is 34.4. The fourth-order valence-electron chi connectivity index (χ4n) is 10.9. The highest BCUT2D eigenvalue weighted by molar-refractivity contribution is 7.45. The first kappa shape index (κ1) is 88.7. The predicted molar refractivity (Wildman–Crippen MR) is 397 cm³/mol. The zero-order valence-corrected chi connectivity index (χ0v) is 61.6. The van der Waals surface area contributed by atoms with Gasteiger partial charge < -0.3 is 27.9 Å². The van der Waals surface area contributed by atoms with Crippen molar-refractivity contribution in [3.05, 3.63) is 109 Å². The number of quaternary nitrogens is 1. The van der Waals surface area contributed by atoms with Gasteiger partial charge in [-0.1, -0.05) is 342 Å². The molecule has 0 bridgehead atoms. The van der Waals surface area contributed by atoms with E-state index >= 15 is 0 Å². The van der Waals surface area contributed by atoms with Crippen LogP contribution in [0.15, 0.2) is 109 Å². The molecule has 0 aliphatic heterocycles. The van der Waals surface area contributed by atoms with Crippen molar-refractivity contribution in [1.29, 1.82) is 0 Å². The van der Waals surface area contributed by atoms with Crippen LogP contribution in [0.25, 0.3) is 0 Å². The average molecular weight is 1310 g/mol. The van der Waals surface area contributed by atoms with Gasteiger partial charge in [0.2, 0.25) is 0 Å². The van der Waals surface area contributed by atoms with Crippen LogP contribution >= 0.6 is 7.82 Å². The van der Waals surface area contributed by atoms with Gasteiger partial charge in [0.15, 0.2) is 6.10 Å². The van der Waals surface area contributed by atoms with Gasteiger partial charge in [-0.15, -0.1) is 0 Å². The van der Waals surface area contributed by atoms with Gasteiger partial charge in [-0.2, -0.15) is 0 Å². The van der Waals surface area contributed by atoms with E-state index in [0.29, 0.717) is 17.4 Å². The van der Waals surface area contributed by atoms with Gasteiger partial charge in [-0.25, -0.2) is 0 Å². The van der Waals surface area contributed by atoms with E-state index in [1.54, 1.807) is 0 Å². The molecule has 92 heavy (non-hydrogen) atoms. The van der Waals surface area contributed by atoms with Crippen LogP contribution in [0.5, 0.6) is 0 Å². The molecule has 0 rings (SSSR count). The fourth-order valence-corrected chi connectivity index (χ4v) is 11.6. The summed E-state index contributed by atoms with van der Waals surface area (Å²) in [6.45, 7) is 4.17. The molecule has 0 aliphatic carbocycles. The molecule has 0 aromatic rings. The van der Waals surface area contributed by atoms with Crippen LogP contribution in [0.3, 0.4) is 0 Å². The summed E-state index contributed by atoms with van der Waals surface area (Å²) >= 11 is 0. The fraction of sp³-hybridized carbons (Fsp3) is 0.756. The molecule has 0 saturated heterocycles. The van der Waals surface area contributed by atoms with Crippen molar-refractivity contribution in [3.8, 4) is 0 Å². The number of hydrogen-bond donors (Lipinski definition) is 0. The molecule has 0 heterocycles. The lowest BCUT2D eigenvalue weighted by atomic mass is 10.0. The van der Waals surface area contributed by atoms with Crippen LogP contribution in [0.1, 0.15) is 348 Å². The number of esters is 2. The van der Waals surface area contributed by atoms with Gasteiger partial charge in [0, 0.05) is 12.8 Å². The average Bonchev–Trinajstić information content (AvgIpc) is 2.14. The van der Waals surface area contributed by atoms with Crippen molar-refractivity contribution in [3.63, 3.8) is 0 Å². The summed E-state index contributed by atoms with van der Waals surface area (Å²) in [5.74, 6) is -0.823. The first-order valence-electron chi connectivity index (χ1n) is 38.6. The third-order valence-corrected chi connectivity index (χ3v) is 17.7. The highest BCUT2D eigenvalue weighted by Crippen LogP contribution is 2.38. The number of phosphoric ester groups is 1. The van der Waals surface area contributed by atoms with Crippen molar-refractivity contribution in [2.24, 2.45) is 0 Å². The molecule has 2 unspecified atom stereocenters. The standard InChI is InChI=1S/C82H146NO8P/c1-6-8-10-12-14-16-18-20-22-24-26-28-30-32-34-36-37-38-39-40-41-42-43-44-45-47-49-51-53-55-57-59-61-63-65-67-69-71-73-75-82(85)91-80(79-90-92(86,87)89-77-76-83(3,4)5)78-88-81(84)74-72-70-68-66-64-62-60-58-56-54-52-50-48-46-35-33-31-29-27-25-23-21-19-17-15-13-11-9-7-2/h8,10,14,16,20,22,25-28,32,34,37-38,40-41,43-44,80H,6-7,9,11-13,15,17-19,21,23-24,29-31,33,35-36,39,42,45-79H2,1-5H3/b10-8-,16-14-,22-20-,27-25-,28-26-,34-32-,38-37-,41-40-,44-43-. The first-order chi connectivity index (χ1) is 45.0. The Hall–Kier alpha value is -3.33. The Balaban J connectivity index is 4.00. The molecular weight excluding hydrogens is 1160 g/mol. The van der Waals surface area contributed by atoms with Gasteiger partial charge >= 0.3 is 11.9 Å². The minimum Gasteiger partial charge on any atom is -0.756 e. The lowest BCUT2D eigenvalue weighted by Gasteiger charge is -2.28. The zero-order chi connectivity index (χ0) is 66.9. The van der Waals surface area contributed by atoms with Crippen LogP contribution in [-0.4, -0.2) is 70.0 Å². The van der Waals surface area contributed by atoms with Crippen molar-refractivity contribution in [2.45, 2.75) is 354 Å². The zero-order valence-electron chi connectivity index (χ0n) is 60.7. The van der Waals surface area contributed by atoms with Gasteiger partial charge in [0.05, 0.1) is 27.7 Å². The number of carbonyl (C=O) groups excluding carboxylic acids is 2.